The Labute approximate surface area is 109 Å². The van der Waals surface area contributed by atoms with Gasteiger partial charge in [0.1, 0.15) is 13.5 Å². The summed E-state index contributed by atoms with van der Waals surface area (Å²) in [6.45, 7) is 8.56. The molecule has 0 saturated carbocycles. The first-order chi connectivity index (χ1) is 7.98. The second-order valence-corrected chi connectivity index (χ2v) is 10.9. The molecular formula is C15H30OSi. The van der Waals surface area contributed by atoms with Gasteiger partial charge < -0.3 is 4.79 Å². The van der Waals surface area contributed by atoms with E-state index in [9.17, 15) is 4.79 Å². The lowest BCUT2D eigenvalue weighted by Crippen LogP contribution is -2.31. The standard InChI is InChI=1S/C15H30OSi/c1-5-6-7-8-9-10-11-12-13-14-15(16)17(2,3)4/h13-14H,5-12H2,1-4H3. The van der Waals surface area contributed by atoms with Crippen molar-refractivity contribution in [1.82, 2.24) is 0 Å². The van der Waals surface area contributed by atoms with Crippen molar-refractivity contribution >= 4 is 13.5 Å². The summed E-state index contributed by atoms with van der Waals surface area (Å²) in [5, 5.41) is 0.375. The highest BCUT2D eigenvalue weighted by molar-refractivity contribution is 7.04. The van der Waals surface area contributed by atoms with Gasteiger partial charge in [0.15, 0.2) is 0 Å². The highest BCUT2D eigenvalue weighted by atomic mass is 28.3. The van der Waals surface area contributed by atoms with E-state index in [0.29, 0.717) is 5.41 Å². The molecule has 0 aliphatic carbocycles. The summed E-state index contributed by atoms with van der Waals surface area (Å²) in [4.78, 5) is 11.6. The second-order valence-electron chi connectivity index (χ2n) is 5.93. The molecular weight excluding hydrogens is 224 g/mol. The minimum atomic E-state index is -1.58. The topological polar surface area (TPSA) is 17.1 Å². The van der Waals surface area contributed by atoms with Gasteiger partial charge in [0.05, 0.1) is 0 Å². The first-order valence-corrected chi connectivity index (χ1v) is 10.7. The Morgan fingerprint density at radius 1 is 0.941 bits per heavy atom. The molecule has 0 heterocycles. The first kappa shape index (κ1) is 16.6. The van der Waals surface area contributed by atoms with Crippen molar-refractivity contribution in [2.24, 2.45) is 0 Å². The summed E-state index contributed by atoms with van der Waals surface area (Å²) in [5.74, 6) is 0. The van der Waals surface area contributed by atoms with Crippen LogP contribution in [0.1, 0.15) is 58.3 Å². The summed E-state index contributed by atoms with van der Waals surface area (Å²) in [6.07, 6.45) is 14.4. The SMILES string of the molecule is CCCCCCCCCC=CC(=O)[Si](C)(C)C. The fourth-order valence-electron chi connectivity index (χ4n) is 1.66. The van der Waals surface area contributed by atoms with Crippen LogP contribution in [-0.4, -0.2) is 13.5 Å². The van der Waals surface area contributed by atoms with Gasteiger partial charge >= 0.3 is 0 Å². The molecule has 0 atom stereocenters. The molecule has 0 radical (unpaired) electrons. The number of rotatable bonds is 10. The number of hydrogen-bond acceptors (Lipinski definition) is 1. The minimum Gasteiger partial charge on any atom is -0.301 e. The van der Waals surface area contributed by atoms with Crippen molar-refractivity contribution in [2.45, 2.75) is 77.9 Å². The summed E-state index contributed by atoms with van der Waals surface area (Å²) >= 11 is 0. The van der Waals surface area contributed by atoms with Crippen LogP contribution in [0.5, 0.6) is 0 Å². The minimum absolute atomic E-state index is 0.375. The van der Waals surface area contributed by atoms with E-state index in [2.05, 4.69) is 32.6 Å². The van der Waals surface area contributed by atoms with E-state index in [-0.39, 0.29) is 0 Å². The maximum atomic E-state index is 11.6. The van der Waals surface area contributed by atoms with Gasteiger partial charge in [-0.3, -0.25) is 0 Å². The van der Waals surface area contributed by atoms with Gasteiger partial charge in [0.2, 0.25) is 0 Å². The molecule has 0 rings (SSSR count). The molecule has 0 aliphatic rings. The zero-order valence-electron chi connectivity index (χ0n) is 12.2. The van der Waals surface area contributed by atoms with Crippen LogP contribution >= 0.6 is 0 Å². The van der Waals surface area contributed by atoms with Gasteiger partial charge in [0, 0.05) is 0 Å². The normalized spacial score (nSPS) is 12.2. The molecule has 0 aromatic heterocycles. The number of unbranched alkanes of at least 4 members (excludes halogenated alkanes) is 7. The largest absolute Gasteiger partial charge is 0.301 e. The molecule has 0 aromatic carbocycles. The van der Waals surface area contributed by atoms with Crippen LogP contribution in [0.25, 0.3) is 0 Å². The highest BCUT2D eigenvalue weighted by Gasteiger charge is 2.20. The van der Waals surface area contributed by atoms with Gasteiger partial charge in [-0.25, -0.2) is 0 Å². The van der Waals surface area contributed by atoms with Crippen molar-refractivity contribution in [2.75, 3.05) is 0 Å². The number of hydrogen-bond donors (Lipinski definition) is 0. The smallest absolute Gasteiger partial charge is 0.132 e. The van der Waals surface area contributed by atoms with E-state index in [1.165, 1.54) is 44.9 Å². The van der Waals surface area contributed by atoms with Gasteiger partial charge in [0.25, 0.3) is 0 Å². The Balaban J connectivity index is 3.40. The number of carbonyl (C=O) groups is 1. The molecule has 17 heavy (non-hydrogen) atoms. The van der Waals surface area contributed by atoms with Gasteiger partial charge in [-0.05, 0) is 18.9 Å². The fourth-order valence-corrected chi connectivity index (χ4v) is 2.28. The molecule has 0 fully saturated rings. The van der Waals surface area contributed by atoms with Crippen LogP contribution < -0.4 is 0 Å². The second kappa shape index (κ2) is 9.64. The van der Waals surface area contributed by atoms with Crippen LogP contribution in [-0.2, 0) is 4.79 Å². The lowest BCUT2D eigenvalue weighted by Gasteiger charge is -2.09. The van der Waals surface area contributed by atoms with Crippen LogP contribution in [0.2, 0.25) is 19.6 Å². The molecule has 100 valence electrons. The average molecular weight is 254 g/mol. The van der Waals surface area contributed by atoms with Crippen molar-refractivity contribution in [3.63, 3.8) is 0 Å². The molecule has 0 N–H and O–H groups in total. The van der Waals surface area contributed by atoms with Gasteiger partial charge in [-0.15, -0.1) is 0 Å². The number of carbonyl (C=O) groups excluding carboxylic acids is 1. The van der Waals surface area contributed by atoms with Gasteiger partial charge in [-0.2, -0.15) is 0 Å². The zero-order valence-corrected chi connectivity index (χ0v) is 13.2. The Morgan fingerprint density at radius 2 is 1.47 bits per heavy atom. The summed E-state index contributed by atoms with van der Waals surface area (Å²) in [5.41, 5.74) is 0. The molecule has 0 aliphatic heterocycles. The van der Waals surface area contributed by atoms with E-state index in [1.54, 1.807) is 0 Å². The summed E-state index contributed by atoms with van der Waals surface area (Å²) < 4.78 is 0. The van der Waals surface area contributed by atoms with E-state index in [0.717, 1.165) is 6.42 Å². The predicted molar refractivity (Wildman–Crippen MR) is 80.1 cm³/mol. The maximum absolute atomic E-state index is 11.6. The lowest BCUT2D eigenvalue weighted by atomic mass is 10.1. The van der Waals surface area contributed by atoms with Gasteiger partial charge in [-0.1, -0.05) is 71.2 Å². The maximum Gasteiger partial charge on any atom is 0.132 e. The zero-order chi connectivity index (χ0) is 13.1. The average Bonchev–Trinajstić information content (AvgIpc) is 2.25. The van der Waals surface area contributed by atoms with Crippen molar-refractivity contribution in [3.8, 4) is 0 Å². The van der Waals surface area contributed by atoms with Crippen LogP contribution in [0.4, 0.5) is 0 Å². The van der Waals surface area contributed by atoms with Crippen LogP contribution in [0.15, 0.2) is 12.2 Å². The molecule has 0 bridgehead atoms. The quantitative estimate of drug-likeness (QED) is 0.300. The molecule has 0 spiro atoms. The molecule has 0 unspecified atom stereocenters. The number of allylic oxidation sites excluding steroid dienone is 2. The van der Waals surface area contributed by atoms with Crippen molar-refractivity contribution < 1.29 is 4.79 Å². The molecule has 2 heteroatoms. The molecule has 0 aromatic rings. The molecule has 0 saturated heterocycles. The Hall–Kier alpha value is -0.373. The third-order valence-corrected chi connectivity index (χ3v) is 4.63. The highest BCUT2D eigenvalue weighted by Crippen LogP contribution is 2.09. The summed E-state index contributed by atoms with van der Waals surface area (Å²) in [6, 6.07) is 0. The van der Waals surface area contributed by atoms with E-state index in [4.69, 9.17) is 0 Å². The van der Waals surface area contributed by atoms with Crippen molar-refractivity contribution in [3.05, 3.63) is 12.2 Å². The third-order valence-electron chi connectivity index (χ3n) is 2.98. The van der Waals surface area contributed by atoms with E-state index < -0.39 is 8.07 Å². The third kappa shape index (κ3) is 10.5. The van der Waals surface area contributed by atoms with Crippen molar-refractivity contribution in [1.29, 1.82) is 0 Å². The van der Waals surface area contributed by atoms with Crippen LogP contribution in [0.3, 0.4) is 0 Å². The first-order valence-electron chi connectivity index (χ1n) is 7.19. The van der Waals surface area contributed by atoms with Crippen LogP contribution in [0, 0.1) is 0 Å². The predicted octanol–water partition coefficient (Wildman–Crippen LogP) is 5.13. The molecule has 0 amide bonds. The monoisotopic (exact) mass is 254 g/mol. The Bertz CT molecular complexity index is 226. The fraction of sp³-hybridized carbons (Fsp3) is 0.800. The lowest BCUT2D eigenvalue weighted by molar-refractivity contribution is -0.108. The summed E-state index contributed by atoms with van der Waals surface area (Å²) in [7, 11) is -1.58. The van der Waals surface area contributed by atoms with E-state index >= 15 is 0 Å². The Kier molecular flexibility index (Phi) is 9.42. The molecule has 1 nitrogen and oxygen atoms in total. The van der Waals surface area contributed by atoms with E-state index in [1.807, 2.05) is 6.08 Å². The Morgan fingerprint density at radius 3 is 2.00 bits per heavy atom.